The smallest absolute Gasteiger partial charge is 0.230 e. The third-order valence-corrected chi connectivity index (χ3v) is 7.73. The molecule has 0 aliphatic carbocycles. The van der Waals surface area contributed by atoms with Crippen molar-refractivity contribution in [1.82, 2.24) is 15.0 Å². The quantitative estimate of drug-likeness (QED) is 0.608. The number of hydrogen-bond acceptors (Lipinski definition) is 6. The number of carbonyl (C=O) groups excluding carboxylic acids is 1. The Morgan fingerprint density at radius 3 is 2.56 bits per heavy atom. The molecule has 0 unspecified atom stereocenters. The first-order valence-electron chi connectivity index (χ1n) is 13.1. The first-order chi connectivity index (χ1) is 17.6. The van der Waals surface area contributed by atoms with Gasteiger partial charge in [-0.1, -0.05) is 11.6 Å². The van der Waals surface area contributed by atoms with Crippen LogP contribution in [0, 0.1) is 19.8 Å². The van der Waals surface area contributed by atoms with E-state index in [1.54, 1.807) is 0 Å². The Balaban J connectivity index is 1.23. The predicted molar refractivity (Wildman–Crippen MR) is 142 cm³/mol. The maximum absolute atomic E-state index is 13.9. The molecule has 0 bridgehead atoms. The van der Waals surface area contributed by atoms with Gasteiger partial charge in [0.1, 0.15) is 0 Å². The number of pyridine rings is 1. The van der Waals surface area contributed by atoms with Gasteiger partial charge in [-0.25, -0.2) is 4.98 Å². The lowest BCUT2D eigenvalue weighted by atomic mass is 9.94. The summed E-state index contributed by atoms with van der Waals surface area (Å²) in [5, 5.41) is 0. The van der Waals surface area contributed by atoms with Gasteiger partial charge in [-0.3, -0.25) is 9.78 Å². The van der Waals surface area contributed by atoms with Crippen LogP contribution in [0.2, 0.25) is 0 Å². The fraction of sp³-hybridized carbons (Fsp3) is 0.464. The monoisotopic (exact) mass is 486 g/mol. The van der Waals surface area contributed by atoms with Crippen LogP contribution in [0.15, 0.2) is 36.5 Å². The van der Waals surface area contributed by atoms with Crippen molar-refractivity contribution in [2.45, 2.75) is 33.1 Å². The highest BCUT2D eigenvalue weighted by Crippen LogP contribution is 2.38. The average Bonchev–Trinajstić information content (AvgIpc) is 3.28. The van der Waals surface area contributed by atoms with Gasteiger partial charge in [-0.15, -0.1) is 0 Å². The highest BCUT2D eigenvalue weighted by atomic mass is 16.5. The van der Waals surface area contributed by atoms with Gasteiger partial charge in [0.25, 0.3) is 0 Å². The number of nitrogens with zero attached hydrogens (tertiary/aromatic N) is 5. The number of piperidine rings is 1. The first kappa shape index (κ1) is 23.0. The maximum Gasteiger partial charge on any atom is 0.230 e. The molecule has 8 nitrogen and oxygen atoms in total. The Bertz CT molecular complexity index is 1240. The van der Waals surface area contributed by atoms with Crippen molar-refractivity contribution in [3.8, 4) is 11.3 Å². The van der Waals surface area contributed by atoms with Crippen LogP contribution in [0.3, 0.4) is 0 Å². The third-order valence-electron chi connectivity index (χ3n) is 7.73. The number of H-pyrrole nitrogens is 1. The second-order valence-electron chi connectivity index (χ2n) is 10.2. The standard InChI is InChI=1S/C28H34N6O2/c1-19-3-6-25-23(17-19)26-24(30-28(31-26)33-13-15-36-16-14-33)9-12-34(25)27(35)21-7-10-32(11-8-21)22-5-4-20(2)29-18-22/h3-6,17-18,21H,7-16H2,1-2H3,(H,30,31). The highest BCUT2D eigenvalue weighted by molar-refractivity contribution is 6.00. The first-order valence-corrected chi connectivity index (χ1v) is 13.1. The van der Waals surface area contributed by atoms with Crippen molar-refractivity contribution < 1.29 is 9.53 Å². The number of fused-ring (bicyclic) bond motifs is 3. The molecule has 188 valence electrons. The van der Waals surface area contributed by atoms with Crippen molar-refractivity contribution in [3.05, 3.63) is 53.5 Å². The average molecular weight is 487 g/mol. The number of amides is 1. The van der Waals surface area contributed by atoms with E-state index in [-0.39, 0.29) is 11.8 Å². The van der Waals surface area contributed by atoms with Gasteiger partial charge in [0.2, 0.25) is 11.9 Å². The molecule has 2 aromatic heterocycles. The molecule has 2 fully saturated rings. The van der Waals surface area contributed by atoms with Crippen molar-refractivity contribution in [2.24, 2.45) is 5.92 Å². The number of nitrogens with one attached hydrogen (secondary N) is 1. The number of imidazole rings is 1. The Hall–Kier alpha value is -3.39. The summed E-state index contributed by atoms with van der Waals surface area (Å²) in [5.41, 5.74) is 7.50. The van der Waals surface area contributed by atoms with E-state index in [9.17, 15) is 4.79 Å². The van der Waals surface area contributed by atoms with Gasteiger partial charge in [-0.2, -0.15) is 0 Å². The van der Waals surface area contributed by atoms with Crippen LogP contribution >= 0.6 is 0 Å². The molecule has 3 aromatic rings. The lowest BCUT2D eigenvalue weighted by Crippen LogP contribution is -2.43. The minimum absolute atomic E-state index is 0.0297. The number of aryl methyl sites for hydroxylation is 2. The summed E-state index contributed by atoms with van der Waals surface area (Å²) < 4.78 is 5.52. The third kappa shape index (κ3) is 4.34. The van der Waals surface area contributed by atoms with Crippen molar-refractivity contribution in [3.63, 3.8) is 0 Å². The summed E-state index contributed by atoms with van der Waals surface area (Å²) in [6.07, 6.45) is 4.39. The number of aromatic nitrogens is 3. The van der Waals surface area contributed by atoms with Crippen LogP contribution in [0.1, 0.15) is 29.8 Å². The lowest BCUT2D eigenvalue weighted by molar-refractivity contribution is -0.123. The van der Waals surface area contributed by atoms with E-state index < -0.39 is 0 Å². The van der Waals surface area contributed by atoms with Gasteiger partial charge >= 0.3 is 0 Å². The number of aromatic amines is 1. The van der Waals surface area contributed by atoms with E-state index in [0.29, 0.717) is 6.54 Å². The van der Waals surface area contributed by atoms with Crippen LogP contribution in [0.4, 0.5) is 17.3 Å². The zero-order valence-electron chi connectivity index (χ0n) is 21.2. The summed E-state index contributed by atoms with van der Waals surface area (Å²) in [7, 11) is 0. The number of ether oxygens (including phenoxy) is 1. The summed E-state index contributed by atoms with van der Waals surface area (Å²) in [4.78, 5) is 33.5. The van der Waals surface area contributed by atoms with E-state index in [0.717, 1.165) is 98.6 Å². The fourth-order valence-corrected chi connectivity index (χ4v) is 5.63. The molecule has 6 rings (SSSR count). The molecule has 0 radical (unpaired) electrons. The minimum atomic E-state index is 0.0297. The van der Waals surface area contributed by atoms with E-state index in [1.807, 2.05) is 18.0 Å². The largest absolute Gasteiger partial charge is 0.378 e. The van der Waals surface area contributed by atoms with Crippen molar-refractivity contribution in [2.75, 3.05) is 60.6 Å². The van der Waals surface area contributed by atoms with Crippen LogP contribution in [-0.4, -0.2) is 66.8 Å². The van der Waals surface area contributed by atoms with Gasteiger partial charge < -0.3 is 24.4 Å². The Morgan fingerprint density at radius 2 is 1.81 bits per heavy atom. The molecular weight excluding hydrogens is 452 g/mol. The number of rotatable bonds is 3. The molecule has 3 aliphatic heterocycles. The predicted octanol–water partition coefficient (Wildman–Crippen LogP) is 3.73. The molecule has 5 heterocycles. The Labute approximate surface area is 212 Å². The van der Waals surface area contributed by atoms with E-state index in [4.69, 9.17) is 9.72 Å². The van der Waals surface area contributed by atoms with Crippen LogP contribution < -0.4 is 14.7 Å². The molecule has 0 saturated carbocycles. The molecule has 1 amide bonds. The molecule has 3 aliphatic rings. The minimum Gasteiger partial charge on any atom is -0.378 e. The SMILES string of the molecule is Cc1ccc2c(c1)-c1[nH]c(N3CCOCC3)nc1CCN2C(=O)C1CCN(c2ccc(C)nc2)CC1. The summed E-state index contributed by atoms with van der Waals surface area (Å²) in [5.74, 6) is 1.18. The van der Waals surface area contributed by atoms with Gasteiger partial charge in [0.15, 0.2) is 0 Å². The highest BCUT2D eigenvalue weighted by Gasteiger charge is 2.33. The summed E-state index contributed by atoms with van der Waals surface area (Å²) in [6, 6.07) is 10.6. The van der Waals surface area contributed by atoms with Crippen LogP contribution in [0.5, 0.6) is 0 Å². The Kier molecular flexibility index (Phi) is 6.13. The van der Waals surface area contributed by atoms with Crippen molar-refractivity contribution in [1.29, 1.82) is 0 Å². The van der Waals surface area contributed by atoms with Crippen molar-refractivity contribution >= 4 is 23.2 Å². The molecule has 2 saturated heterocycles. The van der Waals surface area contributed by atoms with E-state index in [1.165, 1.54) is 5.56 Å². The molecule has 1 N–H and O–H groups in total. The van der Waals surface area contributed by atoms with Gasteiger partial charge in [0.05, 0.1) is 42.2 Å². The van der Waals surface area contributed by atoms with E-state index in [2.05, 4.69) is 57.0 Å². The second kappa shape index (κ2) is 9.58. The molecular formula is C28H34N6O2. The van der Waals surface area contributed by atoms with Gasteiger partial charge in [0, 0.05) is 56.3 Å². The number of hydrogen-bond donors (Lipinski definition) is 1. The lowest BCUT2D eigenvalue weighted by Gasteiger charge is -2.35. The molecule has 1 aromatic carbocycles. The topological polar surface area (TPSA) is 77.6 Å². The number of benzene rings is 1. The molecule has 0 spiro atoms. The number of morpholine rings is 1. The Morgan fingerprint density at radius 1 is 1.00 bits per heavy atom. The number of anilines is 3. The van der Waals surface area contributed by atoms with E-state index >= 15 is 0 Å². The van der Waals surface area contributed by atoms with Crippen LogP contribution in [-0.2, 0) is 16.0 Å². The fourth-order valence-electron chi connectivity index (χ4n) is 5.63. The zero-order chi connectivity index (χ0) is 24.6. The normalized spacial score (nSPS) is 18.6. The molecule has 36 heavy (non-hydrogen) atoms. The summed E-state index contributed by atoms with van der Waals surface area (Å²) in [6.45, 7) is 9.64. The van der Waals surface area contributed by atoms with Gasteiger partial charge in [-0.05, 0) is 51.0 Å². The molecule has 8 heteroatoms. The molecule has 0 atom stereocenters. The number of carbonyl (C=O) groups is 1. The second-order valence-corrected chi connectivity index (χ2v) is 10.2. The summed E-state index contributed by atoms with van der Waals surface area (Å²) >= 11 is 0. The zero-order valence-corrected chi connectivity index (χ0v) is 21.2. The maximum atomic E-state index is 13.9. The van der Waals surface area contributed by atoms with Crippen LogP contribution in [0.25, 0.3) is 11.3 Å².